The van der Waals surface area contributed by atoms with Gasteiger partial charge in [0.1, 0.15) is 0 Å². The van der Waals surface area contributed by atoms with Gasteiger partial charge in [0.15, 0.2) is 0 Å². The fourth-order valence-corrected chi connectivity index (χ4v) is 5.06. The Morgan fingerprint density at radius 2 is 1.57 bits per heavy atom. The van der Waals surface area contributed by atoms with Gasteiger partial charge in [-0.2, -0.15) is 8.42 Å². The summed E-state index contributed by atoms with van der Waals surface area (Å²) in [6, 6.07) is 12.1. The molecule has 1 heterocycles. The lowest BCUT2D eigenvalue weighted by Crippen LogP contribution is -2.56. The number of hydrogen-bond donors (Lipinski definition) is 1. The first-order valence-electron chi connectivity index (χ1n) is 11.8. The van der Waals surface area contributed by atoms with Crippen LogP contribution in [0.3, 0.4) is 0 Å². The Bertz CT molecular complexity index is 1110. The molecule has 3 rings (SSSR count). The van der Waals surface area contributed by atoms with Crippen LogP contribution in [-0.2, 0) is 19.6 Å². The van der Waals surface area contributed by atoms with Crippen molar-refractivity contribution in [3.05, 3.63) is 65.2 Å². The molecule has 2 aromatic rings. The standard InChI is InChI=1S/C20H21NO6S.C6H15N/c1-12(2)21-18(13-8-10-14(11-9-13)20(23)27-3)17(19(21)22)15-6-4-5-7-16(15)28(24,25)26;1-4-7(5-2)6-3/h4-12,17-18H,1-3H3,(H,24,25,26);4-6H2,1-3H3/t17-,18-;/m1./s1. The van der Waals surface area contributed by atoms with E-state index in [1.807, 2.05) is 13.8 Å². The molecule has 0 spiro atoms. The van der Waals surface area contributed by atoms with Gasteiger partial charge in [-0.3, -0.25) is 9.35 Å². The van der Waals surface area contributed by atoms with Crippen molar-refractivity contribution >= 4 is 22.0 Å². The van der Waals surface area contributed by atoms with Crippen molar-refractivity contribution in [2.45, 2.75) is 57.5 Å². The second-order valence-corrected chi connectivity index (χ2v) is 9.90. The molecule has 1 fully saturated rings. The highest BCUT2D eigenvalue weighted by Gasteiger charge is 2.51. The molecule has 9 heteroatoms. The highest BCUT2D eigenvalue weighted by molar-refractivity contribution is 7.85. The SMILES string of the molecule is CCN(CC)CC.COC(=O)c1ccc([C@@H]2[C@@H](c3ccccc3S(=O)(=O)O)C(=O)N2C(C)C)cc1. The maximum absolute atomic E-state index is 12.9. The zero-order valence-corrected chi connectivity index (χ0v) is 22.1. The van der Waals surface area contributed by atoms with Crippen molar-refractivity contribution in [2.24, 2.45) is 0 Å². The van der Waals surface area contributed by atoms with E-state index >= 15 is 0 Å². The molecule has 1 saturated heterocycles. The van der Waals surface area contributed by atoms with Gasteiger partial charge in [-0.15, -0.1) is 0 Å². The number of carbonyl (C=O) groups is 2. The normalized spacial score (nSPS) is 17.6. The zero-order chi connectivity index (χ0) is 26.3. The summed E-state index contributed by atoms with van der Waals surface area (Å²) < 4.78 is 37.9. The molecule has 0 saturated carbocycles. The van der Waals surface area contributed by atoms with Crippen LogP contribution in [0.15, 0.2) is 53.4 Å². The van der Waals surface area contributed by atoms with Crippen LogP contribution in [0.5, 0.6) is 0 Å². The third kappa shape index (κ3) is 6.48. The van der Waals surface area contributed by atoms with Gasteiger partial charge in [-0.05, 0) is 62.8 Å². The van der Waals surface area contributed by atoms with E-state index in [0.29, 0.717) is 5.56 Å². The summed E-state index contributed by atoms with van der Waals surface area (Å²) in [5, 5.41) is 0. The zero-order valence-electron chi connectivity index (χ0n) is 21.3. The highest BCUT2D eigenvalue weighted by atomic mass is 32.2. The number of amides is 1. The Morgan fingerprint density at radius 1 is 1.03 bits per heavy atom. The summed E-state index contributed by atoms with van der Waals surface area (Å²) >= 11 is 0. The highest BCUT2D eigenvalue weighted by Crippen LogP contribution is 2.49. The van der Waals surface area contributed by atoms with E-state index in [1.165, 1.54) is 38.9 Å². The smallest absolute Gasteiger partial charge is 0.337 e. The minimum absolute atomic E-state index is 0.105. The topological polar surface area (TPSA) is 104 Å². The first-order valence-corrected chi connectivity index (χ1v) is 13.2. The van der Waals surface area contributed by atoms with E-state index in [-0.39, 0.29) is 22.4 Å². The number of hydrogen-bond acceptors (Lipinski definition) is 6. The lowest BCUT2D eigenvalue weighted by Gasteiger charge is -2.50. The van der Waals surface area contributed by atoms with Crippen molar-refractivity contribution in [1.82, 2.24) is 9.80 Å². The van der Waals surface area contributed by atoms with E-state index in [2.05, 4.69) is 25.7 Å². The second-order valence-electron chi connectivity index (χ2n) is 8.51. The molecule has 0 aliphatic carbocycles. The van der Waals surface area contributed by atoms with Gasteiger partial charge in [-0.1, -0.05) is 51.1 Å². The summed E-state index contributed by atoms with van der Waals surface area (Å²) in [7, 11) is -3.18. The van der Waals surface area contributed by atoms with Crippen LogP contribution in [0.25, 0.3) is 0 Å². The van der Waals surface area contributed by atoms with Crippen LogP contribution in [-0.4, -0.2) is 67.4 Å². The number of likely N-dealkylation sites (tertiary alicyclic amines) is 1. The average Bonchev–Trinajstić information content (AvgIpc) is 2.83. The maximum Gasteiger partial charge on any atom is 0.337 e. The number of β-lactam (4-membered cyclic amide) rings is 1. The van der Waals surface area contributed by atoms with Crippen LogP contribution in [0.4, 0.5) is 0 Å². The Balaban J connectivity index is 0.000000540. The molecule has 0 radical (unpaired) electrons. The van der Waals surface area contributed by atoms with Crippen molar-refractivity contribution in [2.75, 3.05) is 26.7 Å². The number of carbonyl (C=O) groups excluding carboxylic acids is 2. The quantitative estimate of drug-likeness (QED) is 0.327. The van der Waals surface area contributed by atoms with Crippen LogP contribution >= 0.6 is 0 Å². The maximum atomic E-state index is 12.9. The number of rotatable bonds is 8. The molecule has 0 unspecified atom stereocenters. The molecule has 1 aliphatic heterocycles. The summed E-state index contributed by atoms with van der Waals surface area (Å²) in [6.45, 7) is 13.9. The molecule has 0 aromatic heterocycles. The molecule has 2 atom stereocenters. The summed E-state index contributed by atoms with van der Waals surface area (Å²) in [6.07, 6.45) is 0. The number of esters is 1. The summed E-state index contributed by atoms with van der Waals surface area (Å²) in [5.74, 6) is -1.43. The van der Waals surface area contributed by atoms with Gasteiger partial charge in [-0.25, -0.2) is 4.79 Å². The van der Waals surface area contributed by atoms with Gasteiger partial charge in [0.05, 0.1) is 29.5 Å². The van der Waals surface area contributed by atoms with E-state index < -0.39 is 28.0 Å². The Labute approximate surface area is 208 Å². The minimum atomic E-state index is -4.47. The number of methoxy groups -OCH3 is 1. The molecular formula is C26H36N2O6S. The summed E-state index contributed by atoms with van der Waals surface area (Å²) in [5.41, 5.74) is 1.40. The first-order chi connectivity index (χ1) is 16.5. The fourth-order valence-electron chi connectivity index (χ4n) is 4.32. The van der Waals surface area contributed by atoms with Gasteiger partial charge < -0.3 is 14.5 Å². The monoisotopic (exact) mass is 504 g/mol. The lowest BCUT2D eigenvalue weighted by molar-refractivity contribution is -0.153. The molecule has 1 aliphatic rings. The number of nitrogens with zero attached hydrogens (tertiary/aromatic N) is 2. The first kappa shape index (κ1) is 28.5. The molecule has 8 nitrogen and oxygen atoms in total. The third-order valence-corrected chi connectivity index (χ3v) is 7.17. The fraction of sp³-hybridized carbons (Fsp3) is 0.462. The van der Waals surface area contributed by atoms with Crippen molar-refractivity contribution in [3.8, 4) is 0 Å². The lowest BCUT2D eigenvalue weighted by atomic mass is 9.76. The van der Waals surface area contributed by atoms with E-state index in [4.69, 9.17) is 4.74 Å². The predicted molar refractivity (Wildman–Crippen MR) is 135 cm³/mol. The van der Waals surface area contributed by atoms with Gasteiger partial charge in [0, 0.05) is 6.04 Å². The van der Waals surface area contributed by atoms with Crippen molar-refractivity contribution in [1.29, 1.82) is 0 Å². The molecule has 1 amide bonds. The van der Waals surface area contributed by atoms with E-state index in [1.54, 1.807) is 41.3 Å². The molecule has 35 heavy (non-hydrogen) atoms. The van der Waals surface area contributed by atoms with Crippen molar-refractivity contribution < 1.29 is 27.3 Å². The second kappa shape index (κ2) is 12.3. The van der Waals surface area contributed by atoms with E-state index in [9.17, 15) is 22.6 Å². The largest absolute Gasteiger partial charge is 0.465 e. The number of ether oxygens (including phenoxy) is 1. The Kier molecular flexibility index (Phi) is 10.00. The molecule has 192 valence electrons. The molecule has 2 aromatic carbocycles. The summed E-state index contributed by atoms with van der Waals surface area (Å²) in [4.78, 5) is 28.3. The van der Waals surface area contributed by atoms with Crippen LogP contribution in [0.1, 0.15) is 68.1 Å². The Morgan fingerprint density at radius 3 is 2.00 bits per heavy atom. The molecular weight excluding hydrogens is 468 g/mol. The number of benzene rings is 2. The Hall–Kier alpha value is -2.75. The average molecular weight is 505 g/mol. The molecule has 1 N–H and O–H groups in total. The van der Waals surface area contributed by atoms with Crippen molar-refractivity contribution in [3.63, 3.8) is 0 Å². The van der Waals surface area contributed by atoms with Crippen LogP contribution < -0.4 is 0 Å². The predicted octanol–water partition coefficient (Wildman–Crippen LogP) is 4.14. The van der Waals surface area contributed by atoms with Gasteiger partial charge in [0.25, 0.3) is 10.1 Å². The van der Waals surface area contributed by atoms with Crippen LogP contribution in [0.2, 0.25) is 0 Å². The van der Waals surface area contributed by atoms with Crippen LogP contribution in [0, 0.1) is 0 Å². The minimum Gasteiger partial charge on any atom is -0.465 e. The van der Waals surface area contributed by atoms with Gasteiger partial charge in [0.2, 0.25) is 5.91 Å². The van der Waals surface area contributed by atoms with Gasteiger partial charge >= 0.3 is 5.97 Å². The van der Waals surface area contributed by atoms with E-state index in [0.717, 1.165) is 5.56 Å². The third-order valence-electron chi connectivity index (χ3n) is 6.24. The molecule has 0 bridgehead atoms.